The van der Waals surface area contributed by atoms with Crippen LogP contribution in [-0.2, 0) is 0 Å². The predicted octanol–water partition coefficient (Wildman–Crippen LogP) is 7.79. The third-order valence-corrected chi connectivity index (χ3v) is 5.79. The second kappa shape index (κ2) is 8.86. The summed E-state index contributed by atoms with van der Waals surface area (Å²) in [6, 6.07) is 0. The molecule has 10 heteroatoms. The highest BCUT2D eigenvalue weighted by Gasteiger charge is 2.81. The lowest BCUT2D eigenvalue weighted by Gasteiger charge is -2.38. The van der Waals surface area contributed by atoms with Crippen LogP contribution in [0.2, 0.25) is 0 Å². The van der Waals surface area contributed by atoms with Gasteiger partial charge in [-0.25, -0.2) is 0 Å². The lowest BCUT2D eigenvalue weighted by atomic mass is 9.88. The number of alkyl halides is 10. The summed E-state index contributed by atoms with van der Waals surface area (Å²) in [4.78, 5) is 0. The molecule has 0 heterocycles. The molecule has 0 rings (SSSR count). The van der Waals surface area contributed by atoms with Gasteiger partial charge < -0.3 is 0 Å². The van der Waals surface area contributed by atoms with E-state index in [2.05, 4.69) is 0 Å². The summed E-state index contributed by atoms with van der Waals surface area (Å²) in [6.07, 6.45) is -4.81. The second-order valence-corrected chi connectivity index (χ2v) is 8.48. The zero-order valence-corrected chi connectivity index (χ0v) is 16.1. The Kier molecular flexibility index (Phi) is 8.89. The summed E-state index contributed by atoms with van der Waals surface area (Å²) in [5, 5.41) is 0. The Morgan fingerprint density at radius 1 is 0.680 bits per heavy atom. The first-order valence-electron chi connectivity index (χ1n) is 7.97. The Morgan fingerprint density at radius 2 is 1.16 bits per heavy atom. The van der Waals surface area contributed by atoms with Gasteiger partial charge in [0.1, 0.15) is 0 Å². The zero-order valence-electron chi connectivity index (χ0n) is 13.9. The van der Waals surface area contributed by atoms with Crippen molar-refractivity contribution in [3.05, 3.63) is 0 Å². The van der Waals surface area contributed by atoms with E-state index in [1.54, 1.807) is 0 Å². The molecule has 1 atom stereocenters. The summed E-state index contributed by atoms with van der Waals surface area (Å²) >= 11 is 1.47. The number of unbranched alkanes of at least 4 members (excludes halogenated alkanes) is 4. The Bertz CT molecular complexity index is 406. The van der Waals surface area contributed by atoms with Gasteiger partial charge in [0.25, 0.3) is 0 Å². The van der Waals surface area contributed by atoms with E-state index in [1.807, 2.05) is 6.92 Å². The molecule has 0 N–H and O–H groups in total. The SMILES string of the molecule is CCCCCCCC(I)(CC)CC(F)(F)C(F)(F)C(F)(F)C(F)(F)F. The summed E-state index contributed by atoms with van der Waals surface area (Å²) in [6.45, 7) is 3.37. The average Bonchev–Trinajstić information content (AvgIpc) is 2.45. The normalized spacial score (nSPS) is 16.8. The van der Waals surface area contributed by atoms with Crippen molar-refractivity contribution in [2.24, 2.45) is 0 Å². The minimum absolute atomic E-state index is 0.0387. The van der Waals surface area contributed by atoms with Crippen LogP contribution in [0.3, 0.4) is 0 Å². The van der Waals surface area contributed by atoms with Gasteiger partial charge in [-0.05, 0) is 12.8 Å². The summed E-state index contributed by atoms with van der Waals surface area (Å²) in [5.74, 6) is -18.8. The molecule has 0 fully saturated rings. The predicted molar refractivity (Wildman–Crippen MR) is 85.9 cm³/mol. The second-order valence-electron chi connectivity index (χ2n) is 6.20. The fraction of sp³-hybridized carbons (Fsp3) is 1.00. The molecular formula is C15H22F9I. The molecule has 0 saturated carbocycles. The van der Waals surface area contributed by atoms with Crippen LogP contribution in [0.1, 0.15) is 65.2 Å². The summed E-state index contributed by atoms with van der Waals surface area (Å²) < 4.78 is 115. The van der Waals surface area contributed by atoms with Crippen LogP contribution in [0, 0.1) is 0 Å². The van der Waals surface area contributed by atoms with Crippen molar-refractivity contribution in [3.63, 3.8) is 0 Å². The Labute approximate surface area is 155 Å². The molecule has 0 bridgehead atoms. The fourth-order valence-electron chi connectivity index (χ4n) is 2.35. The van der Waals surface area contributed by atoms with Crippen LogP contribution in [0.25, 0.3) is 0 Å². The van der Waals surface area contributed by atoms with Crippen LogP contribution < -0.4 is 0 Å². The highest BCUT2D eigenvalue weighted by molar-refractivity contribution is 14.1. The highest BCUT2D eigenvalue weighted by atomic mass is 127. The molecule has 0 saturated heterocycles. The van der Waals surface area contributed by atoms with Gasteiger partial charge in [0.15, 0.2) is 0 Å². The van der Waals surface area contributed by atoms with Crippen molar-refractivity contribution in [1.29, 1.82) is 0 Å². The molecule has 0 aliphatic heterocycles. The molecule has 0 spiro atoms. The number of rotatable bonds is 11. The van der Waals surface area contributed by atoms with Gasteiger partial charge in [0, 0.05) is 9.84 Å². The fourth-order valence-corrected chi connectivity index (χ4v) is 3.21. The lowest BCUT2D eigenvalue weighted by Crippen LogP contribution is -2.62. The number of halogens is 10. The van der Waals surface area contributed by atoms with E-state index in [-0.39, 0.29) is 12.8 Å². The first-order valence-corrected chi connectivity index (χ1v) is 9.05. The van der Waals surface area contributed by atoms with Gasteiger partial charge in [-0.1, -0.05) is 68.5 Å². The van der Waals surface area contributed by atoms with Gasteiger partial charge in [0.05, 0.1) is 0 Å². The molecule has 0 aromatic rings. The van der Waals surface area contributed by atoms with Crippen molar-refractivity contribution < 1.29 is 39.5 Å². The number of hydrogen-bond donors (Lipinski definition) is 0. The van der Waals surface area contributed by atoms with E-state index >= 15 is 0 Å². The van der Waals surface area contributed by atoms with Crippen molar-refractivity contribution in [3.8, 4) is 0 Å². The van der Waals surface area contributed by atoms with Gasteiger partial charge >= 0.3 is 23.9 Å². The standard InChI is InChI=1S/C15H22F9I/c1-3-5-6-7-8-9-11(25,4-2)10-12(16,17)13(18,19)14(20,21)15(22,23)24/h3-10H2,1-2H3. The van der Waals surface area contributed by atoms with Gasteiger partial charge in [-0.3, -0.25) is 0 Å². The summed E-state index contributed by atoms with van der Waals surface area (Å²) in [5.41, 5.74) is 0. The topological polar surface area (TPSA) is 0 Å². The zero-order chi connectivity index (χ0) is 20.2. The lowest BCUT2D eigenvalue weighted by molar-refractivity contribution is -0.397. The molecule has 0 aromatic carbocycles. The molecular weight excluding hydrogens is 478 g/mol. The molecule has 0 amide bonds. The minimum atomic E-state index is -6.81. The molecule has 25 heavy (non-hydrogen) atoms. The first kappa shape index (κ1) is 25.1. The maximum absolute atomic E-state index is 13.8. The Balaban J connectivity index is 5.22. The van der Waals surface area contributed by atoms with Gasteiger partial charge in [0.2, 0.25) is 0 Å². The van der Waals surface area contributed by atoms with Gasteiger partial charge in [-0.15, -0.1) is 0 Å². The van der Waals surface area contributed by atoms with Crippen molar-refractivity contribution >= 4 is 22.6 Å². The molecule has 0 radical (unpaired) electrons. The largest absolute Gasteiger partial charge is 0.460 e. The molecule has 1 unspecified atom stereocenters. The quantitative estimate of drug-likeness (QED) is 0.118. The van der Waals surface area contributed by atoms with Crippen molar-refractivity contribution in [2.75, 3.05) is 0 Å². The van der Waals surface area contributed by atoms with E-state index in [0.717, 1.165) is 19.3 Å². The Hall–Kier alpha value is 0.1000. The molecule has 0 aliphatic carbocycles. The minimum Gasteiger partial charge on any atom is -0.200 e. The van der Waals surface area contributed by atoms with Gasteiger partial charge in [-0.2, -0.15) is 39.5 Å². The Morgan fingerprint density at radius 3 is 1.56 bits per heavy atom. The van der Waals surface area contributed by atoms with Crippen LogP contribution in [0.4, 0.5) is 39.5 Å². The third-order valence-electron chi connectivity index (χ3n) is 4.11. The van der Waals surface area contributed by atoms with Crippen LogP contribution in [0.15, 0.2) is 0 Å². The van der Waals surface area contributed by atoms with E-state index in [1.165, 1.54) is 29.5 Å². The smallest absolute Gasteiger partial charge is 0.200 e. The van der Waals surface area contributed by atoms with Crippen LogP contribution >= 0.6 is 22.6 Å². The van der Waals surface area contributed by atoms with Crippen molar-refractivity contribution in [1.82, 2.24) is 0 Å². The third kappa shape index (κ3) is 6.05. The van der Waals surface area contributed by atoms with E-state index < -0.39 is 33.8 Å². The van der Waals surface area contributed by atoms with Crippen LogP contribution in [0.5, 0.6) is 0 Å². The van der Waals surface area contributed by atoms with E-state index in [4.69, 9.17) is 0 Å². The van der Waals surface area contributed by atoms with E-state index in [9.17, 15) is 39.5 Å². The number of hydrogen-bond acceptors (Lipinski definition) is 0. The molecule has 152 valence electrons. The molecule has 0 nitrogen and oxygen atoms in total. The molecule has 0 aliphatic rings. The summed E-state index contributed by atoms with van der Waals surface area (Å²) in [7, 11) is 0. The maximum Gasteiger partial charge on any atom is 0.460 e. The first-order chi connectivity index (χ1) is 11.1. The van der Waals surface area contributed by atoms with Crippen LogP contribution in [-0.4, -0.2) is 27.4 Å². The van der Waals surface area contributed by atoms with Crippen molar-refractivity contribution in [2.45, 2.75) is 92.6 Å². The monoisotopic (exact) mass is 500 g/mol. The average molecular weight is 500 g/mol. The maximum atomic E-state index is 13.8. The van der Waals surface area contributed by atoms with E-state index in [0.29, 0.717) is 12.8 Å². The molecule has 0 aromatic heterocycles. The highest BCUT2D eigenvalue weighted by Crippen LogP contribution is 2.56.